The van der Waals surface area contributed by atoms with Crippen molar-refractivity contribution in [3.63, 3.8) is 0 Å². The number of thiophene rings is 1. The zero-order valence-corrected chi connectivity index (χ0v) is 13.9. The Morgan fingerprint density at radius 3 is 2.04 bits per heavy atom. The number of fused-ring (bicyclic) bond motifs is 3. The van der Waals surface area contributed by atoms with Gasteiger partial charge in [0.1, 0.15) is 0 Å². The van der Waals surface area contributed by atoms with Gasteiger partial charge in [-0.1, -0.05) is 33.6 Å². The van der Waals surface area contributed by atoms with Crippen LogP contribution in [0.25, 0.3) is 20.2 Å². The zero-order chi connectivity index (χ0) is 17.2. The standard InChI is InChI=1S/C14H4BrClF6S/c15-5-1-2-6-8(3-5)23-9-4-7(16)11(13(17,18)19)12(10(6)9)14(20,21)22/h1-4H. The molecule has 0 amide bonds. The molecule has 122 valence electrons. The molecule has 0 nitrogen and oxygen atoms in total. The summed E-state index contributed by atoms with van der Waals surface area (Å²) in [5, 5.41) is -1.31. The number of halogens is 8. The minimum atomic E-state index is -5.21. The van der Waals surface area contributed by atoms with E-state index in [0.29, 0.717) is 9.17 Å². The van der Waals surface area contributed by atoms with Crippen LogP contribution in [-0.2, 0) is 12.4 Å². The molecule has 1 aromatic heterocycles. The molecule has 0 saturated heterocycles. The summed E-state index contributed by atoms with van der Waals surface area (Å²) in [6.07, 6.45) is -10.4. The van der Waals surface area contributed by atoms with E-state index in [2.05, 4.69) is 15.9 Å². The Hall–Kier alpha value is -0.990. The third-order valence-corrected chi connectivity index (χ3v) is 5.13. The maximum atomic E-state index is 13.4. The van der Waals surface area contributed by atoms with Gasteiger partial charge in [-0.15, -0.1) is 11.3 Å². The van der Waals surface area contributed by atoms with Crippen LogP contribution < -0.4 is 0 Å². The highest BCUT2D eigenvalue weighted by Crippen LogP contribution is 2.50. The molecular formula is C14H4BrClF6S. The Kier molecular flexibility index (Phi) is 3.85. The lowest BCUT2D eigenvalue weighted by Gasteiger charge is -2.18. The van der Waals surface area contributed by atoms with Crippen LogP contribution in [0.4, 0.5) is 26.3 Å². The zero-order valence-electron chi connectivity index (χ0n) is 10.7. The highest BCUT2D eigenvalue weighted by atomic mass is 79.9. The average molecular weight is 434 g/mol. The van der Waals surface area contributed by atoms with Gasteiger partial charge in [0.05, 0.1) is 16.1 Å². The molecule has 0 atom stereocenters. The van der Waals surface area contributed by atoms with Crippen LogP contribution in [0.3, 0.4) is 0 Å². The van der Waals surface area contributed by atoms with E-state index < -0.39 is 33.9 Å². The summed E-state index contributed by atoms with van der Waals surface area (Å²) in [4.78, 5) is 0. The van der Waals surface area contributed by atoms with E-state index in [0.717, 1.165) is 17.4 Å². The molecule has 0 N–H and O–H groups in total. The third kappa shape index (κ3) is 2.81. The van der Waals surface area contributed by atoms with Crippen molar-refractivity contribution in [3.8, 4) is 0 Å². The largest absolute Gasteiger partial charge is 0.418 e. The van der Waals surface area contributed by atoms with E-state index in [-0.39, 0.29) is 10.1 Å². The van der Waals surface area contributed by atoms with E-state index in [9.17, 15) is 26.3 Å². The molecule has 3 rings (SSSR count). The highest BCUT2D eigenvalue weighted by Gasteiger charge is 2.46. The predicted octanol–water partition coefficient (Wildman–Crippen LogP) is 7.51. The molecule has 0 fully saturated rings. The molecule has 0 saturated carbocycles. The van der Waals surface area contributed by atoms with E-state index in [4.69, 9.17) is 11.6 Å². The number of hydrogen-bond donors (Lipinski definition) is 0. The Labute approximate surface area is 142 Å². The van der Waals surface area contributed by atoms with E-state index in [1.165, 1.54) is 12.1 Å². The van der Waals surface area contributed by atoms with Gasteiger partial charge in [0.15, 0.2) is 0 Å². The summed E-state index contributed by atoms with van der Waals surface area (Å²) in [5.74, 6) is 0. The summed E-state index contributed by atoms with van der Waals surface area (Å²) >= 11 is 9.68. The Morgan fingerprint density at radius 2 is 1.48 bits per heavy atom. The second-order valence-corrected chi connectivity index (χ2v) is 7.13. The van der Waals surface area contributed by atoms with Crippen LogP contribution in [0.1, 0.15) is 11.1 Å². The van der Waals surface area contributed by atoms with Gasteiger partial charge in [0.25, 0.3) is 0 Å². The number of alkyl halides is 6. The summed E-state index contributed by atoms with van der Waals surface area (Å²) in [5.41, 5.74) is -3.58. The first-order chi connectivity index (χ1) is 10.5. The summed E-state index contributed by atoms with van der Waals surface area (Å²) in [6, 6.07) is 5.34. The Bertz CT molecular complexity index is 925. The minimum Gasteiger partial charge on any atom is -0.166 e. The molecule has 9 heteroatoms. The van der Waals surface area contributed by atoms with Crippen LogP contribution in [0.15, 0.2) is 28.7 Å². The molecule has 1 heterocycles. The van der Waals surface area contributed by atoms with Crippen molar-refractivity contribution in [2.24, 2.45) is 0 Å². The maximum absolute atomic E-state index is 13.4. The molecule has 0 aliphatic heterocycles. The first kappa shape index (κ1) is 16.9. The van der Waals surface area contributed by atoms with Gasteiger partial charge in [-0.2, -0.15) is 26.3 Å². The first-order valence-corrected chi connectivity index (χ1v) is 7.97. The molecule has 3 aromatic rings. The molecule has 0 radical (unpaired) electrons. The van der Waals surface area contributed by atoms with E-state index in [1.807, 2.05) is 0 Å². The fourth-order valence-corrected chi connectivity index (χ4v) is 4.52. The molecule has 2 aromatic carbocycles. The van der Waals surface area contributed by atoms with Crippen molar-refractivity contribution in [1.29, 1.82) is 0 Å². The second-order valence-electron chi connectivity index (χ2n) is 4.72. The average Bonchev–Trinajstić information content (AvgIpc) is 2.70. The van der Waals surface area contributed by atoms with Crippen molar-refractivity contribution in [1.82, 2.24) is 0 Å². The van der Waals surface area contributed by atoms with E-state index in [1.54, 1.807) is 6.07 Å². The van der Waals surface area contributed by atoms with Crippen LogP contribution in [0.5, 0.6) is 0 Å². The molecule has 0 unspecified atom stereocenters. The Morgan fingerprint density at radius 1 is 0.870 bits per heavy atom. The third-order valence-electron chi connectivity index (χ3n) is 3.24. The van der Waals surface area contributed by atoms with Gasteiger partial charge in [0, 0.05) is 24.6 Å². The second kappa shape index (κ2) is 5.26. The van der Waals surface area contributed by atoms with Crippen LogP contribution in [-0.4, -0.2) is 0 Å². The van der Waals surface area contributed by atoms with Gasteiger partial charge < -0.3 is 0 Å². The van der Waals surface area contributed by atoms with Crippen molar-refractivity contribution in [2.75, 3.05) is 0 Å². The quantitative estimate of drug-likeness (QED) is 0.322. The highest BCUT2D eigenvalue weighted by molar-refractivity contribution is 9.10. The van der Waals surface area contributed by atoms with Crippen molar-refractivity contribution < 1.29 is 26.3 Å². The number of rotatable bonds is 0. The molecular weight excluding hydrogens is 430 g/mol. The number of benzene rings is 2. The monoisotopic (exact) mass is 432 g/mol. The summed E-state index contributed by atoms with van der Waals surface area (Å²) in [7, 11) is 0. The fourth-order valence-electron chi connectivity index (χ4n) is 2.44. The molecule has 23 heavy (non-hydrogen) atoms. The predicted molar refractivity (Wildman–Crippen MR) is 82.0 cm³/mol. The van der Waals surface area contributed by atoms with Gasteiger partial charge in [-0.05, 0) is 18.2 Å². The maximum Gasteiger partial charge on any atom is 0.418 e. The van der Waals surface area contributed by atoms with Crippen molar-refractivity contribution in [3.05, 3.63) is 44.9 Å². The van der Waals surface area contributed by atoms with Gasteiger partial charge >= 0.3 is 12.4 Å². The lowest BCUT2D eigenvalue weighted by atomic mass is 9.99. The number of hydrogen-bond acceptors (Lipinski definition) is 1. The smallest absolute Gasteiger partial charge is 0.166 e. The molecule has 0 aliphatic rings. The van der Waals surface area contributed by atoms with Crippen molar-refractivity contribution in [2.45, 2.75) is 12.4 Å². The van der Waals surface area contributed by atoms with Gasteiger partial charge in [0.2, 0.25) is 0 Å². The Balaban J connectivity index is 2.60. The topological polar surface area (TPSA) is 0 Å². The SMILES string of the molecule is FC(F)(F)c1c(Cl)cc2sc3cc(Br)ccc3c2c1C(F)(F)F. The summed E-state index contributed by atoms with van der Waals surface area (Å²) < 4.78 is 80.8. The van der Waals surface area contributed by atoms with Crippen LogP contribution in [0.2, 0.25) is 5.02 Å². The summed E-state index contributed by atoms with van der Waals surface area (Å²) in [6.45, 7) is 0. The van der Waals surface area contributed by atoms with Gasteiger partial charge in [-0.25, -0.2) is 0 Å². The lowest BCUT2D eigenvalue weighted by molar-refractivity contribution is -0.161. The van der Waals surface area contributed by atoms with Crippen molar-refractivity contribution >= 4 is 59.0 Å². The first-order valence-electron chi connectivity index (χ1n) is 5.99. The molecule has 0 aliphatic carbocycles. The molecule has 0 spiro atoms. The molecule has 0 bridgehead atoms. The van der Waals surface area contributed by atoms with E-state index >= 15 is 0 Å². The van der Waals surface area contributed by atoms with Crippen LogP contribution >= 0.6 is 38.9 Å². The van der Waals surface area contributed by atoms with Gasteiger partial charge in [-0.3, -0.25) is 0 Å². The minimum absolute atomic E-state index is 0.0587. The normalized spacial score (nSPS) is 13.2. The fraction of sp³-hybridized carbons (Fsp3) is 0.143. The lowest BCUT2D eigenvalue weighted by Crippen LogP contribution is -2.17. The van der Waals surface area contributed by atoms with Crippen LogP contribution in [0, 0.1) is 0 Å².